The Hall–Kier alpha value is -2.17. The van der Waals surface area contributed by atoms with Crippen LogP contribution < -0.4 is 11.3 Å². The van der Waals surface area contributed by atoms with Gasteiger partial charge in [0.05, 0.1) is 0 Å². The highest BCUT2D eigenvalue weighted by atomic mass is 16.5. The minimum Gasteiger partial charge on any atom is -0.364 e. The van der Waals surface area contributed by atoms with Gasteiger partial charge in [-0.3, -0.25) is 10.2 Å². The first-order valence-electron chi connectivity index (χ1n) is 7.02. The molecule has 110 valence electrons. The number of aryl methyl sites for hydroxylation is 1. The predicted molar refractivity (Wildman–Crippen MR) is 82.2 cm³/mol. The van der Waals surface area contributed by atoms with Crippen molar-refractivity contribution in [2.45, 2.75) is 18.9 Å². The van der Waals surface area contributed by atoms with Crippen molar-refractivity contribution in [1.29, 1.82) is 0 Å². The highest BCUT2D eigenvalue weighted by Gasteiger charge is 2.19. The molecule has 0 aliphatic carbocycles. The van der Waals surface area contributed by atoms with Crippen LogP contribution in [-0.2, 0) is 16.0 Å². The van der Waals surface area contributed by atoms with Gasteiger partial charge in [0.25, 0.3) is 5.91 Å². The van der Waals surface area contributed by atoms with Crippen LogP contribution >= 0.6 is 0 Å². The molecule has 4 heteroatoms. The SMILES string of the molecule is NNC(=O)C(OCCCc1ccccc1)c1ccccc1. The lowest BCUT2D eigenvalue weighted by molar-refractivity contribution is -0.133. The van der Waals surface area contributed by atoms with Crippen molar-refractivity contribution in [2.75, 3.05) is 6.61 Å². The first kappa shape index (κ1) is 15.2. The predicted octanol–water partition coefficient (Wildman–Crippen LogP) is 2.37. The van der Waals surface area contributed by atoms with Crippen LogP contribution in [0.15, 0.2) is 60.7 Å². The number of amides is 1. The molecule has 3 N–H and O–H groups in total. The number of benzene rings is 2. The van der Waals surface area contributed by atoms with Gasteiger partial charge in [-0.1, -0.05) is 60.7 Å². The van der Waals surface area contributed by atoms with Gasteiger partial charge in [0.2, 0.25) is 0 Å². The molecule has 0 aliphatic rings. The van der Waals surface area contributed by atoms with Gasteiger partial charge in [0, 0.05) is 6.61 Å². The highest BCUT2D eigenvalue weighted by molar-refractivity contribution is 5.81. The summed E-state index contributed by atoms with van der Waals surface area (Å²) in [6.45, 7) is 0.502. The third-order valence-electron chi connectivity index (χ3n) is 3.22. The number of rotatable bonds is 7. The summed E-state index contributed by atoms with van der Waals surface area (Å²) >= 11 is 0. The smallest absolute Gasteiger partial charge is 0.267 e. The van der Waals surface area contributed by atoms with E-state index >= 15 is 0 Å². The van der Waals surface area contributed by atoms with Gasteiger partial charge in [0.1, 0.15) is 0 Å². The van der Waals surface area contributed by atoms with E-state index in [0.717, 1.165) is 18.4 Å². The minimum absolute atomic E-state index is 0.332. The average molecular weight is 284 g/mol. The second-order valence-electron chi connectivity index (χ2n) is 4.76. The number of nitrogens with one attached hydrogen (secondary N) is 1. The van der Waals surface area contributed by atoms with E-state index in [1.807, 2.05) is 48.5 Å². The van der Waals surface area contributed by atoms with Crippen molar-refractivity contribution in [3.8, 4) is 0 Å². The molecule has 0 saturated carbocycles. The van der Waals surface area contributed by atoms with Gasteiger partial charge in [-0.15, -0.1) is 0 Å². The summed E-state index contributed by atoms with van der Waals surface area (Å²) in [7, 11) is 0. The Morgan fingerprint density at radius 1 is 1.05 bits per heavy atom. The molecular formula is C17H20N2O2. The normalized spacial score (nSPS) is 11.9. The van der Waals surface area contributed by atoms with E-state index in [1.165, 1.54) is 5.56 Å². The van der Waals surface area contributed by atoms with Crippen molar-refractivity contribution in [3.63, 3.8) is 0 Å². The summed E-state index contributed by atoms with van der Waals surface area (Å²) in [5.41, 5.74) is 4.23. The summed E-state index contributed by atoms with van der Waals surface area (Å²) in [5, 5.41) is 0. The van der Waals surface area contributed by atoms with E-state index in [9.17, 15) is 4.79 Å². The second-order valence-corrected chi connectivity index (χ2v) is 4.76. The number of hydrogen-bond donors (Lipinski definition) is 2. The largest absolute Gasteiger partial charge is 0.364 e. The lowest BCUT2D eigenvalue weighted by Crippen LogP contribution is -2.36. The summed E-state index contributed by atoms with van der Waals surface area (Å²) in [6.07, 6.45) is 1.12. The van der Waals surface area contributed by atoms with Crippen LogP contribution in [0.25, 0.3) is 0 Å². The molecule has 1 amide bonds. The fourth-order valence-corrected chi connectivity index (χ4v) is 2.15. The van der Waals surface area contributed by atoms with Crippen molar-refractivity contribution < 1.29 is 9.53 Å². The van der Waals surface area contributed by atoms with Crippen molar-refractivity contribution >= 4 is 5.91 Å². The Morgan fingerprint density at radius 3 is 2.29 bits per heavy atom. The molecule has 0 saturated heterocycles. The molecular weight excluding hydrogens is 264 g/mol. The van der Waals surface area contributed by atoms with Crippen LogP contribution in [-0.4, -0.2) is 12.5 Å². The first-order valence-corrected chi connectivity index (χ1v) is 7.02. The van der Waals surface area contributed by atoms with Crippen molar-refractivity contribution in [3.05, 3.63) is 71.8 Å². The van der Waals surface area contributed by atoms with Crippen molar-refractivity contribution in [1.82, 2.24) is 5.43 Å². The average Bonchev–Trinajstić information content (AvgIpc) is 2.56. The molecule has 0 aliphatic heterocycles. The van der Waals surface area contributed by atoms with Crippen LogP contribution in [0.5, 0.6) is 0 Å². The molecule has 0 fully saturated rings. The number of ether oxygens (including phenoxy) is 1. The molecule has 2 aromatic carbocycles. The monoisotopic (exact) mass is 284 g/mol. The van der Waals surface area contributed by atoms with E-state index in [4.69, 9.17) is 10.6 Å². The topological polar surface area (TPSA) is 64.3 Å². The van der Waals surface area contributed by atoms with E-state index in [0.29, 0.717) is 6.61 Å². The lowest BCUT2D eigenvalue weighted by atomic mass is 10.1. The Morgan fingerprint density at radius 2 is 1.67 bits per heavy atom. The second kappa shape index (κ2) is 8.19. The summed E-state index contributed by atoms with van der Waals surface area (Å²) in [4.78, 5) is 11.8. The van der Waals surface area contributed by atoms with E-state index < -0.39 is 6.10 Å². The number of carbonyl (C=O) groups is 1. The maximum Gasteiger partial charge on any atom is 0.267 e. The Bertz CT molecular complexity index is 543. The molecule has 0 spiro atoms. The molecule has 0 radical (unpaired) electrons. The molecule has 2 rings (SSSR count). The third-order valence-corrected chi connectivity index (χ3v) is 3.22. The lowest BCUT2D eigenvalue weighted by Gasteiger charge is -2.16. The van der Waals surface area contributed by atoms with Crippen LogP contribution in [0.2, 0.25) is 0 Å². The van der Waals surface area contributed by atoms with Crippen LogP contribution in [0.4, 0.5) is 0 Å². The molecule has 0 bridgehead atoms. The van der Waals surface area contributed by atoms with Gasteiger partial charge >= 0.3 is 0 Å². The number of nitrogens with two attached hydrogens (primary N) is 1. The van der Waals surface area contributed by atoms with Gasteiger partial charge < -0.3 is 4.74 Å². The Labute approximate surface area is 124 Å². The van der Waals surface area contributed by atoms with E-state index in [-0.39, 0.29) is 5.91 Å². The quantitative estimate of drug-likeness (QED) is 0.355. The first-order chi connectivity index (χ1) is 10.3. The van der Waals surface area contributed by atoms with E-state index in [2.05, 4.69) is 17.6 Å². The molecule has 2 aromatic rings. The standard InChI is InChI=1S/C17H20N2O2/c18-19-17(20)16(15-11-5-2-6-12-15)21-13-7-10-14-8-3-1-4-9-14/h1-6,8-9,11-12,16H,7,10,13,18H2,(H,19,20). The fraction of sp³-hybridized carbons (Fsp3) is 0.235. The maximum absolute atomic E-state index is 11.8. The van der Waals surface area contributed by atoms with Gasteiger partial charge in [-0.25, -0.2) is 5.84 Å². The molecule has 0 heterocycles. The number of carbonyl (C=O) groups excluding carboxylic acids is 1. The maximum atomic E-state index is 11.8. The Kier molecular flexibility index (Phi) is 5.94. The Balaban J connectivity index is 1.87. The van der Waals surface area contributed by atoms with Gasteiger partial charge in [-0.2, -0.15) is 0 Å². The van der Waals surface area contributed by atoms with E-state index in [1.54, 1.807) is 0 Å². The number of hydrazine groups is 1. The van der Waals surface area contributed by atoms with Gasteiger partial charge in [-0.05, 0) is 24.0 Å². The van der Waals surface area contributed by atoms with Crippen LogP contribution in [0.1, 0.15) is 23.7 Å². The summed E-state index contributed by atoms with van der Waals surface area (Å²) < 4.78 is 5.71. The number of hydrogen-bond acceptors (Lipinski definition) is 3. The summed E-state index contributed by atoms with van der Waals surface area (Å²) in [6, 6.07) is 19.6. The molecule has 21 heavy (non-hydrogen) atoms. The van der Waals surface area contributed by atoms with Crippen LogP contribution in [0.3, 0.4) is 0 Å². The highest BCUT2D eigenvalue weighted by Crippen LogP contribution is 2.17. The molecule has 1 atom stereocenters. The molecule has 4 nitrogen and oxygen atoms in total. The molecule has 0 aromatic heterocycles. The summed E-state index contributed by atoms with van der Waals surface area (Å²) in [5.74, 6) is 4.89. The zero-order valence-electron chi connectivity index (χ0n) is 11.9. The van der Waals surface area contributed by atoms with Gasteiger partial charge in [0.15, 0.2) is 6.10 Å². The third kappa shape index (κ3) is 4.70. The minimum atomic E-state index is -0.660. The zero-order valence-corrected chi connectivity index (χ0v) is 11.9. The fourth-order valence-electron chi connectivity index (χ4n) is 2.15. The zero-order chi connectivity index (χ0) is 14.9. The van der Waals surface area contributed by atoms with Crippen LogP contribution in [0, 0.1) is 0 Å². The van der Waals surface area contributed by atoms with Crippen molar-refractivity contribution in [2.24, 2.45) is 5.84 Å². The molecule has 1 unspecified atom stereocenters.